The number of hydrogen-bond donors (Lipinski definition) is 2. The average molecular weight is 460 g/mol. The van der Waals surface area contributed by atoms with Gasteiger partial charge in [0.2, 0.25) is 0 Å². The summed E-state index contributed by atoms with van der Waals surface area (Å²) in [4.78, 5) is 9.58. The molecule has 1 unspecified atom stereocenters. The third-order valence-electron chi connectivity index (χ3n) is 4.66. The maximum Gasteiger partial charge on any atom is 0.193 e. The normalized spacial score (nSPS) is 18.0. The largest absolute Gasteiger partial charge is 0.508 e. The number of aliphatic imine (C=N–C) groups is 1. The number of phenolic OH excluding ortho intramolecular Hbond substituents is 1. The summed E-state index contributed by atoms with van der Waals surface area (Å²) in [6.07, 6.45) is 3.42. The Bertz CT molecular complexity index is 538. The lowest BCUT2D eigenvalue weighted by Crippen LogP contribution is -2.46. The highest BCUT2D eigenvalue weighted by Crippen LogP contribution is 2.17. The topological polar surface area (TPSA) is 51.1 Å². The third-order valence-corrected chi connectivity index (χ3v) is 4.66. The van der Waals surface area contributed by atoms with Crippen LogP contribution in [0.25, 0.3) is 0 Å². The van der Waals surface area contributed by atoms with Crippen LogP contribution >= 0.6 is 24.0 Å². The van der Waals surface area contributed by atoms with E-state index in [0.717, 1.165) is 44.1 Å². The number of nitrogens with one attached hydrogen (secondary N) is 1. The van der Waals surface area contributed by atoms with Crippen molar-refractivity contribution >= 4 is 29.9 Å². The summed E-state index contributed by atoms with van der Waals surface area (Å²) in [6, 6.07) is 8.05. The molecule has 5 nitrogen and oxygen atoms in total. The van der Waals surface area contributed by atoms with Crippen molar-refractivity contribution in [2.45, 2.75) is 39.2 Å². The van der Waals surface area contributed by atoms with E-state index in [0.29, 0.717) is 11.8 Å². The molecule has 1 aliphatic rings. The zero-order valence-corrected chi connectivity index (χ0v) is 18.1. The van der Waals surface area contributed by atoms with Crippen molar-refractivity contribution in [3.8, 4) is 5.75 Å². The molecule has 1 atom stereocenters. The number of guanidine groups is 1. The number of hydrogen-bond acceptors (Lipinski definition) is 3. The Balaban J connectivity index is 0.00000312. The highest BCUT2D eigenvalue weighted by atomic mass is 127. The van der Waals surface area contributed by atoms with Crippen molar-refractivity contribution in [1.29, 1.82) is 0 Å². The predicted octanol–water partition coefficient (Wildman–Crippen LogP) is 2.93. The fourth-order valence-electron chi connectivity index (χ4n) is 3.39. The molecule has 142 valence electrons. The maximum absolute atomic E-state index is 9.54. The van der Waals surface area contributed by atoms with E-state index in [9.17, 15) is 5.11 Å². The minimum absolute atomic E-state index is 0. The van der Waals surface area contributed by atoms with Gasteiger partial charge in [0.1, 0.15) is 5.75 Å². The predicted molar refractivity (Wildman–Crippen MR) is 116 cm³/mol. The lowest BCUT2D eigenvalue weighted by atomic mass is 10.1. The van der Waals surface area contributed by atoms with Gasteiger partial charge in [-0.2, -0.15) is 0 Å². The van der Waals surface area contributed by atoms with E-state index in [-0.39, 0.29) is 24.0 Å². The van der Waals surface area contributed by atoms with E-state index in [2.05, 4.69) is 36.0 Å². The van der Waals surface area contributed by atoms with Gasteiger partial charge in [-0.05, 0) is 57.0 Å². The summed E-state index contributed by atoms with van der Waals surface area (Å²) in [5.74, 6) is 1.29. The van der Waals surface area contributed by atoms with Gasteiger partial charge in [-0.15, -0.1) is 24.0 Å². The Morgan fingerprint density at radius 3 is 2.88 bits per heavy atom. The first kappa shape index (κ1) is 22.0. The van der Waals surface area contributed by atoms with Crippen molar-refractivity contribution in [3.05, 3.63) is 29.8 Å². The van der Waals surface area contributed by atoms with Gasteiger partial charge >= 0.3 is 0 Å². The molecule has 0 aliphatic carbocycles. The fraction of sp³-hybridized carbons (Fsp3) is 0.632. The van der Waals surface area contributed by atoms with Crippen LogP contribution in [0.5, 0.6) is 5.75 Å². The van der Waals surface area contributed by atoms with Crippen molar-refractivity contribution in [2.24, 2.45) is 4.99 Å². The lowest BCUT2D eigenvalue weighted by Gasteiger charge is -2.29. The quantitative estimate of drug-likeness (QED) is 0.373. The van der Waals surface area contributed by atoms with E-state index in [1.54, 1.807) is 6.07 Å². The first-order chi connectivity index (χ1) is 11.6. The van der Waals surface area contributed by atoms with Gasteiger partial charge in [0, 0.05) is 32.7 Å². The number of likely N-dealkylation sites (tertiary alicyclic amines) is 1. The summed E-state index contributed by atoms with van der Waals surface area (Å²) in [7, 11) is 2.13. The van der Waals surface area contributed by atoms with Crippen LogP contribution < -0.4 is 5.32 Å². The van der Waals surface area contributed by atoms with Crippen LogP contribution in [0, 0.1) is 0 Å². The van der Waals surface area contributed by atoms with Crippen LogP contribution in [0.15, 0.2) is 29.3 Å². The maximum atomic E-state index is 9.54. The third kappa shape index (κ3) is 7.01. The van der Waals surface area contributed by atoms with Gasteiger partial charge in [-0.3, -0.25) is 9.89 Å². The average Bonchev–Trinajstić information content (AvgIpc) is 3.01. The molecule has 0 saturated carbocycles. The molecule has 1 aromatic rings. The van der Waals surface area contributed by atoms with Crippen LogP contribution in [0.1, 0.15) is 32.3 Å². The van der Waals surface area contributed by atoms with Gasteiger partial charge in [0.05, 0.1) is 0 Å². The highest BCUT2D eigenvalue weighted by Gasteiger charge is 2.24. The molecule has 0 radical (unpaired) electrons. The first-order valence-electron chi connectivity index (χ1n) is 9.15. The second-order valence-corrected chi connectivity index (χ2v) is 6.46. The highest BCUT2D eigenvalue weighted by molar-refractivity contribution is 14.0. The van der Waals surface area contributed by atoms with E-state index >= 15 is 0 Å². The molecule has 1 heterocycles. The van der Waals surface area contributed by atoms with Gasteiger partial charge in [-0.1, -0.05) is 19.1 Å². The molecular formula is C19H33IN4O. The molecule has 25 heavy (non-hydrogen) atoms. The zero-order valence-electron chi connectivity index (χ0n) is 15.7. The standard InChI is InChI=1S/C19H32N4O.HI/c1-4-20-19(21-12-11-16-8-6-10-18(24)14-16)22(3)15-17-9-7-13-23(17)5-2;/h6,8,10,14,17,24H,4-5,7,9,11-13,15H2,1-3H3,(H,20,21);1H. The Morgan fingerprint density at radius 1 is 1.40 bits per heavy atom. The summed E-state index contributed by atoms with van der Waals surface area (Å²) < 4.78 is 0. The number of nitrogens with zero attached hydrogens (tertiary/aromatic N) is 3. The Kier molecular flexibility index (Phi) is 10.2. The summed E-state index contributed by atoms with van der Waals surface area (Å²) >= 11 is 0. The Labute approximate surface area is 169 Å². The summed E-state index contributed by atoms with van der Waals surface area (Å²) in [5, 5.41) is 12.9. The fourth-order valence-corrected chi connectivity index (χ4v) is 3.39. The van der Waals surface area contributed by atoms with Crippen LogP contribution in [0.4, 0.5) is 0 Å². The van der Waals surface area contributed by atoms with Crippen LogP contribution in [0.3, 0.4) is 0 Å². The number of halogens is 1. The van der Waals surface area contributed by atoms with Crippen LogP contribution in [0.2, 0.25) is 0 Å². The summed E-state index contributed by atoms with van der Waals surface area (Å²) in [6.45, 7) is 9.31. The van der Waals surface area contributed by atoms with Crippen molar-refractivity contribution in [2.75, 3.05) is 39.8 Å². The molecule has 1 aromatic carbocycles. The SMILES string of the molecule is CCNC(=NCCc1cccc(O)c1)N(C)CC1CCCN1CC.I. The molecule has 1 saturated heterocycles. The van der Waals surface area contributed by atoms with Crippen molar-refractivity contribution in [3.63, 3.8) is 0 Å². The number of phenols is 1. The second kappa shape index (κ2) is 11.6. The molecule has 0 aromatic heterocycles. The van der Waals surface area contributed by atoms with Crippen molar-refractivity contribution < 1.29 is 5.11 Å². The molecule has 2 N–H and O–H groups in total. The number of aromatic hydroxyl groups is 1. The monoisotopic (exact) mass is 460 g/mol. The molecule has 6 heteroatoms. The molecule has 1 aliphatic heterocycles. The molecule has 1 fully saturated rings. The van der Waals surface area contributed by atoms with Gasteiger partial charge in [0.15, 0.2) is 5.96 Å². The Morgan fingerprint density at radius 2 is 2.20 bits per heavy atom. The second-order valence-electron chi connectivity index (χ2n) is 6.46. The molecule has 0 amide bonds. The smallest absolute Gasteiger partial charge is 0.193 e. The lowest BCUT2D eigenvalue weighted by molar-refractivity contribution is 0.232. The molecule has 2 rings (SSSR count). The number of likely N-dealkylation sites (N-methyl/N-ethyl adjacent to an activating group) is 2. The Hall–Kier alpha value is -1.02. The van der Waals surface area contributed by atoms with Gasteiger partial charge in [-0.25, -0.2) is 0 Å². The zero-order chi connectivity index (χ0) is 17.4. The van der Waals surface area contributed by atoms with E-state index in [1.165, 1.54) is 19.4 Å². The van der Waals surface area contributed by atoms with E-state index in [4.69, 9.17) is 4.99 Å². The van der Waals surface area contributed by atoms with Crippen LogP contribution in [-0.4, -0.2) is 66.7 Å². The first-order valence-corrected chi connectivity index (χ1v) is 9.15. The molecule has 0 spiro atoms. The van der Waals surface area contributed by atoms with Gasteiger partial charge < -0.3 is 15.3 Å². The molecular weight excluding hydrogens is 427 g/mol. The number of rotatable bonds is 7. The minimum atomic E-state index is 0. The van der Waals surface area contributed by atoms with E-state index < -0.39 is 0 Å². The molecule has 0 bridgehead atoms. The minimum Gasteiger partial charge on any atom is -0.508 e. The summed E-state index contributed by atoms with van der Waals surface area (Å²) in [5.41, 5.74) is 1.12. The van der Waals surface area contributed by atoms with Crippen molar-refractivity contribution in [1.82, 2.24) is 15.1 Å². The van der Waals surface area contributed by atoms with Gasteiger partial charge in [0.25, 0.3) is 0 Å². The van der Waals surface area contributed by atoms with E-state index in [1.807, 2.05) is 18.2 Å². The van der Waals surface area contributed by atoms with Crippen LogP contribution in [-0.2, 0) is 6.42 Å². The number of benzene rings is 1.